The van der Waals surface area contributed by atoms with Gasteiger partial charge in [-0.05, 0) is 17.6 Å². The molecule has 2 N–H and O–H groups in total. The molecule has 0 amide bonds. The highest BCUT2D eigenvalue weighted by atomic mass is 32.2. The molecular formula is C12H24N2S2. The second kappa shape index (κ2) is 5.09. The first-order valence-electron chi connectivity index (χ1n) is 6.19. The predicted molar refractivity (Wildman–Crippen MR) is 76.4 cm³/mol. The fourth-order valence-electron chi connectivity index (χ4n) is 3.01. The van der Waals surface area contributed by atoms with Gasteiger partial charge in [-0.1, -0.05) is 13.8 Å². The average molecular weight is 260 g/mol. The molecule has 0 radical (unpaired) electrons. The van der Waals surface area contributed by atoms with Crippen LogP contribution >= 0.6 is 23.5 Å². The number of thioether (sulfide) groups is 2. The molecule has 0 aromatic heterocycles. The maximum atomic E-state index is 6.13. The molecule has 0 aliphatic carbocycles. The van der Waals surface area contributed by atoms with Crippen molar-refractivity contribution in [2.45, 2.75) is 25.8 Å². The third-order valence-corrected chi connectivity index (χ3v) is 6.40. The van der Waals surface area contributed by atoms with Gasteiger partial charge in [-0.25, -0.2) is 0 Å². The number of nitrogens with two attached hydrogens (primary N) is 1. The van der Waals surface area contributed by atoms with Gasteiger partial charge in [0.05, 0.1) is 0 Å². The largest absolute Gasteiger partial charge is 0.329 e. The van der Waals surface area contributed by atoms with Crippen molar-refractivity contribution in [1.29, 1.82) is 0 Å². The van der Waals surface area contributed by atoms with Crippen LogP contribution in [0.3, 0.4) is 0 Å². The summed E-state index contributed by atoms with van der Waals surface area (Å²) in [6.07, 6.45) is 1.27. The van der Waals surface area contributed by atoms with Gasteiger partial charge in [-0.3, -0.25) is 4.90 Å². The smallest absolute Gasteiger partial charge is 0.0427 e. The van der Waals surface area contributed by atoms with Crippen LogP contribution in [0.25, 0.3) is 0 Å². The third-order valence-electron chi connectivity index (χ3n) is 3.73. The van der Waals surface area contributed by atoms with E-state index < -0.39 is 0 Å². The summed E-state index contributed by atoms with van der Waals surface area (Å²) < 4.78 is 0. The maximum absolute atomic E-state index is 6.13. The minimum Gasteiger partial charge on any atom is -0.329 e. The monoisotopic (exact) mass is 260 g/mol. The molecule has 0 aromatic carbocycles. The van der Waals surface area contributed by atoms with Crippen LogP contribution in [0.5, 0.6) is 0 Å². The minimum absolute atomic E-state index is 0.285. The highest BCUT2D eigenvalue weighted by molar-refractivity contribution is 7.99. The van der Waals surface area contributed by atoms with Gasteiger partial charge in [-0.15, -0.1) is 0 Å². The highest BCUT2D eigenvalue weighted by Gasteiger charge is 2.43. The van der Waals surface area contributed by atoms with Crippen molar-refractivity contribution < 1.29 is 0 Å². The lowest BCUT2D eigenvalue weighted by atomic mass is 9.78. The summed E-state index contributed by atoms with van der Waals surface area (Å²) in [5.41, 5.74) is 6.86. The fourth-order valence-corrected chi connectivity index (χ4v) is 5.45. The second-order valence-corrected chi connectivity index (χ2v) is 8.07. The van der Waals surface area contributed by atoms with Crippen LogP contribution in [0.4, 0.5) is 0 Å². The van der Waals surface area contributed by atoms with Crippen molar-refractivity contribution in [1.82, 2.24) is 4.90 Å². The molecule has 2 aliphatic rings. The summed E-state index contributed by atoms with van der Waals surface area (Å²) in [4.78, 5) is 2.68. The molecule has 0 saturated carbocycles. The summed E-state index contributed by atoms with van der Waals surface area (Å²) in [5.74, 6) is 5.09. The summed E-state index contributed by atoms with van der Waals surface area (Å²) in [6, 6.07) is 0. The molecule has 1 atom stereocenters. The van der Waals surface area contributed by atoms with Gasteiger partial charge in [0.1, 0.15) is 0 Å². The molecule has 94 valence electrons. The zero-order valence-corrected chi connectivity index (χ0v) is 12.1. The van der Waals surface area contributed by atoms with Crippen LogP contribution in [0, 0.1) is 5.41 Å². The van der Waals surface area contributed by atoms with E-state index in [0.29, 0.717) is 5.41 Å². The van der Waals surface area contributed by atoms with E-state index in [1.54, 1.807) is 0 Å². The van der Waals surface area contributed by atoms with E-state index in [4.69, 9.17) is 5.73 Å². The van der Waals surface area contributed by atoms with Crippen molar-refractivity contribution in [3.8, 4) is 0 Å². The van der Waals surface area contributed by atoms with E-state index in [1.807, 2.05) is 0 Å². The lowest BCUT2D eigenvalue weighted by Crippen LogP contribution is -2.61. The van der Waals surface area contributed by atoms with Crippen LogP contribution in [-0.2, 0) is 0 Å². The summed E-state index contributed by atoms with van der Waals surface area (Å²) in [5, 5.41) is 0. The molecule has 2 heterocycles. The molecule has 2 rings (SSSR count). The highest BCUT2D eigenvalue weighted by Crippen LogP contribution is 2.42. The summed E-state index contributed by atoms with van der Waals surface area (Å²) in [7, 11) is 0. The SMILES string of the molecule is CC1(C)CSCC(CN)(N2CCSCC2)C1. The lowest BCUT2D eigenvalue weighted by Gasteiger charge is -2.51. The fraction of sp³-hybridized carbons (Fsp3) is 1.00. The van der Waals surface area contributed by atoms with E-state index in [9.17, 15) is 0 Å². The number of rotatable bonds is 2. The molecule has 0 spiro atoms. The van der Waals surface area contributed by atoms with E-state index in [1.165, 1.54) is 42.5 Å². The van der Waals surface area contributed by atoms with E-state index >= 15 is 0 Å². The van der Waals surface area contributed by atoms with Crippen LogP contribution in [-0.4, -0.2) is 53.1 Å². The normalized spacial score (nSPS) is 36.2. The molecule has 2 fully saturated rings. The van der Waals surface area contributed by atoms with Crippen LogP contribution < -0.4 is 5.73 Å². The van der Waals surface area contributed by atoms with Gasteiger partial charge >= 0.3 is 0 Å². The Bertz CT molecular complexity index is 239. The Morgan fingerprint density at radius 1 is 1.12 bits per heavy atom. The molecule has 1 unspecified atom stereocenters. The quantitative estimate of drug-likeness (QED) is 0.821. The van der Waals surface area contributed by atoms with Gasteiger partial charge in [0.15, 0.2) is 0 Å². The third kappa shape index (κ3) is 2.71. The average Bonchev–Trinajstić information content (AvgIpc) is 2.29. The molecule has 0 bridgehead atoms. The maximum Gasteiger partial charge on any atom is 0.0427 e. The lowest BCUT2D eigenvalue weighted by molar-refractivity contribution is 0.0782. The first-order chi connectivity index (χ1) is 7.58. The predicted octanol–water partition coefficient (Wildman–Crippen LogP) is 1.90. The standard InChI is InChI=1S/C12H24N2S2/c1-11(2)7-12(8-13,10-16-9-11)14-3-5-15-6-4-14/h3-10,13H2,1-2H3. The van der Waals surface area contributed by atoms with Gasteiger partial charge in [0, 0.05) is 42.4 Å². The van der Waals surface area contributed by atoms with Gasteiger partial charge in [0.2, 0.25) is 0 Å². The van der Waals surface area contributed by atoms with Crippen molar-refractivity contribution >= 4 is 23.5 Å². The van der Waals surface area contributed by atoms with Crippen LogP contribution in [0.2, 0.25) is 0 Å². The summed E-state index contributed by atoms with van der Waals surface area (Å²) in [6.45, 7) is 8.08. The Labute approximate surface area is 108 Å². The zero-order valence-electron chi connectivity index (χ0n) is 10.5. The Morgan fingerprint density at radius 3 is 2.38 bits per heavy atom. The van der Waals surface area contributed by atoms with Crippen LogP contribution in [0.1, 0.15) is 20.3 Å². The molecule has 0 aromatic rings. The Morgan fingerprint density at radius 2 is 1.81 bits per heavy atom. The molecule has 2 aliphatic heterocycles. The van der Waals surface area contributed by atoms with Crippen molar-refractivity contribution in [2.75, 3.05) is 42.6 Å². The number of hydrogen-bond donors (Lipinski definition) is 1. The molecular weight excluding hydrogens is 236 g/mol. The Balaban J connectivity index is 2.10. The van der Waals surface area contributed by atoms with Crippen molar-refractivity contribution in [2.24, 2.45) is 11.1 Å². The topological polar surface area (TPSA) is 29.3 Å². The Kier molecular flexibility index (Phi) is 4.15. The Hall–Kier alpha value is 0.620. The molecule has 2 saturated heterocycles. The van der Waals surface area contributed by atoms with Gasteiger partial charge in [0.25, 0.3) is 0 Å². The molecule has 16 heavy (non-hydrogen) atoms. The number of hydrogen-bond acceptors (Lipinski definition) is 4. The first-order valence-corrected chi connectivity index (χ1v) is 8.50. The van der Waals surface area contributed by atoms with Crippen molar-refractivity contribution in [3.63, 3.8) is 0 Å². The first kappa shape index (κ1) is 13.1. The van der Waals surface area contributed by atoms with Gasteiger partial charge < -0.3 is 5.73 Å². The van der Waals surface area contributed by atoms with Crippen molar-refractivity contribution in [3.05, 3.63) is 0 Å². The molecule has 4 heteroatoms. The van der Waals surface area contributed by atoms with E-state index in [-0.39, 0.29) is 5.54 Å². The number of nitrogens with zero attached hydrogens (tertiary/aromatic N) is 1. The second-order valence-electron chi connectivity index (χ2n) is 5.86. The van der Waals surface area contributed by atoms with E-state index in [0.717, 1.165) is 6.54 Å². The van der Waals surface area contributed by atoms with E-state index in [2.05, 4.69) is 42.3 Å². The van der Waals surface area contributed by atoms with Crippen LogP contribution in [0.15, 0.2) is 0 Å². The van der Waals surface area contributed by atoms with Gasteiger partial charge in [-0.2, -0.15) is 23.5 Å². The zero-order chi connectivity index (χ0) is 11.6. The minimum atomic E-state index is 0.285. The summed E-state index contributed by atoms with van der Waals surface area (Å²) >= 11 is 4.18. The molecule has 2 nitrogen and oxygen atoms in total.